The van der Waals surface area contributed by atoms with Crippen LogP contribution >= 0.6 is 0 Å². The van der Waals surface area contributed by atoms with Gasteiger partial charge in [0.25, 0.3) is 0 Å². The first-order valence-corrected chi connectivity index (χ1v) is 7.70. The third kappa shape index (κ3) is 1.17. The molecule has 4 fully saturated rings. The van der Waals surface area contributed by atoms with E-state index in [2.05, 4.69) is 27.7 Å². The van der Waals surface area contributed by atoms with Gasteiger partial charge in [-0.15, -0.1) is 0 Å². The molecular weight excluding hydrogens is 224 g/mol. The SMILES string of the molecule is CC12CCCC(C)(C3(C)CCCC4(C)OC43)C1O2. The maximum absolute atomic E-state index is 6.14. The average Bonchev–Trinajstić information content (AvgIpc) is 3.14. The van der Waals surface area contributed by atoms with Crippen molar-refractivity contribution in [2.24, 2.45) is 10.8 Å². The van der Waals surface area contributed by atoms with Crippen molar-refractivity contribution in [1.82, 2.24) is 0 Å². The van der Waals surface area contributed by atoms with Gasteiger partial charge in [0.15, 0.2) is 0 Å². The lowest BCUT2D eigenvalue weighted by Gasteiger charge is -2.50. The fourth-order valence-corrected chi connectivity index (χ4v) is 5.50. The van der Waals surface area contributed by atoms with Gasteiger partial charge in [0.2, 0.25) is 0 Å². The molecule has 0 bridgehead atoms. The number of ether oxygens (including phenoxy) is 2. The van der Waals surface area contributed by atoms with Gasteiger partial charge >= 0.3 is 0 Å². The zero-order chi connectivity index (χ0) is 12.8. The zero-order valence-corrected chi connectivity index (χ0v) is 12.2. The van der Waals surface area contributed by atoms with Crippen LogP contribution in [0.5, 0.6) is 0 Å². The van der Waals surface area contributed by atoms with E-state index in [4.69, 9.17) is 9.47 Å². The number of rotatable bonds is 1. The maximum atomic E-state index is 6.14. The fourth-order valence-electron chi connectivity index (χ4n) is 5.50. The molecule has 102 valence electrons. The summed E-state index contributed by atoms with van der Waals surface area (Å²) in [7, 11) is 0. The van der Waals surface area contributed by atoms with Gasteiger partial charge in [0, 0.05) is 10.8 Å². The number of epoxide rings is 2. The highest BCUT2D eigenvalue weighted by Crippen LogP contribution is 2.70. The van der Waals surface area contributed by atoms with Gasteiger partial charge in [-0.2, -0.15) is 0 Å². The third-order valence-electron chi connectivity index (χ3n) is 6.97. The van der Waals surface area contributed by atoms with Gasteiger partial charge in [-0.1, -0.05) is 13.8 Å². The van der Waals surface area contributed by atoms with Crippen LogP contribution in [-0.4, -0.2) is 23.4 Å². The Bertz CT molecular complexity index is 370. The lowest BCUT2D eigenvalue weighted by atomic mass is 9.51. The van der Waals surface area contributed by atoms with E-state index in [0.717, 1.165) is 0 Å². The summed E-state index contributed by atoms with van der Waals surface area (Å²) >= 11 is 0. The van der Waals surface area contributed by atoms with Gasteiger partial charge in [0.05, 0.1) is 23.4 Å². The van der Waals surface area contributed by atoms with Crippen molar-refractivity contribution in [3.05, 3.63) is 0 Å². The average molecular weight is 250 g/mol. The van der Waals surface area contributed by atoms with E-state index in [-0.39, 0.29) is 11.2 Å². The Morgan fingerprint density at radius 2 is 1.06 bits per heavy atom. The molecule has 2 saturated heterocycles. The summed E-state index contributed by atoms with van der Waals surface area (Å²) < 4.78 is 12.3. The topological polar surface area (TPSA) is 25.1 Å². The zero-order valence-electron chi connectivity index (χ0n) is 12.2. The normalized spacial score (nSPS) is 66.0. The van der Waals surface area contributed by atoms with Gasteiger partial charge in [-0.3, -0.25) is 0 Å². The standard InChI is InChI=1S/C16H26O2/c1-13(7-5-9-15(3)11(13)17-15)14(2)8-6-10-16(4)12(14)18-16/h11-12H,5-10H2,1-4H3. The van der Waals surface area contributed by atoms with Crippen LogP contribution < -0.4 is 0 Å². The largest absolute Gasteiger partial charge is 0.366 e. The van der Waals surface area contributed by atoms with Gasteiger partial charge in [-0.05, 0) is 52.4 Å². The van der Waals surface area contributed by atoms with Crippen LogP contribution in [-0.2, 0) is 9.47 Å². The first kappa shape index (κ1) is 11.7. The highest BCUT2D eigenvalue weighted by molar-refractivity contribution is 5.22. The van der Waals surface area contributed by atoms with E-state index < -0.39 is 0 Å². The highest BCUT2D eigenvalue weighted by Gasteiger charge is 2.75. The molecule has 6 atom stereocenters. The summed E-state index contributed by atoms with van der Waals surface area (Å²) in [6.45, 7) is 9.59. The van der Waals surface area contributed by atoms with Crippen LogP contribution in [0.2, 0.25) is 0 Å². The molecule has 0 aromatic rings. The summed E-state index contributed by atoms with van der Waals surface area (Å²) in [6, 6.07) is 0. The summed E-state index contributed by atoms with van der Waals surface area (Å²) in [5.41, 5.74) is 1.03. The molecule has 0 amide bonds. The molecular formula is C16H26O2. The molecule has 2 saturated carbocycles. The van der Waals surface area contributed by atoms with Crippen molar-refractivity contribution in [2.75, 3.05) is 0 Å². The lowest BCUT2D eigenvalue weighted by Crippen LogP contribution is -2.52. The van der Waals surface area contributed by atoms with E-state index in [1.165, 1.54) is 38.5 Å². The second kappa shape index (κ2) is 2.98. The summed E-state index contributed by atoms with van der Waals surface area (Å²) in [4.78, 5) is 0. The van der Waals surface area contributed by atoms with E-state index in [1.807, 2.05) is 0 Å². The second-order valence-corrected chi connectivity index (χ2v) is 8.16. The predicted octanol–water partition coefficient (Wildman–Crippen LogP) is 3.68. The minimum atomic E-state index is 0.193. The molecule has 6 unspecified atom stereocenters. The van der Waals surface area contributed by atoms with Crippen LogP contribution in [0.25, 0.3) is 0 Å². The summed E-state index contributed by atoms with van der Waals surface area (Å²) in [5, 5.41) is 0. The Labute approximate surface area is 110 Å². The van der Waals surface area contributed by atoms with E-state index >= 15 is 0 Å². The molecule has 2 nitrogen and oxygen atoms in total. The number of hydrogen-bond donors (Lipinski definition) is 0. The number of fused-ring (bicyclic) bond motifs is 2. The minimum absolute atomic E-state index is 0.193. The Balaban J connectivity index is 1.69. The van der Waals surface area contributed by atoms with Gasteiger partial charge < -0.3 is 9.47 Å². The molecule has 2 aliphatic carbocycles. The molecule has 0 aromatic carbocycles. The van der Waals surface area contributed by atoms with Crippen LogP contribution in [0.4, 0.5) is 0 Å². The van der Waals surface area contributed by atoms with Crippen molar-refractivity contribution >= 4 is 0 Å². The predicted molar refractivity (Wildman–Crippen MR) is 70.5 cm³/mol. The molecule has 18 heavy (non-hydrogen) atoms. The van der Waals surface area contributed by atoms with Crippen LogP contribution in [0.15, 0.2) is 0 Å². The Morgan fingerprint density at radius 3 is 1.44 bits per heavy atom. The molecule has 0 radical (unpaired) electrons. The molecule has 0 spiro atoms. The van der Waals surface area contributed by atoms with Crippen LogP contribution in [0, 0.1) is 10.8 Å². The molecule has 2 heterocycles. The Kier molecular flexibility index (Phi) is 1.94. The van der Waals surface area contributed by atoms with E-state index in [0.29, 0.717) is 23.0 Å². The second-order valence-electron chi connectivity index (χ2n) is 8.16. The van der Waals surface area contributed by atoms with Crippen molar-refractivity contribution in [1.29, 1.82) is 0 Å². The smallest absolute Gasteiger partial charge is 0.0930 e. The molecule has 4 rings (SSSR count). The molecule has 0 N–H and O–H groups in total. The lowest BCUT2D eigenvalue weighted by molar-refractivity contribution is -0.0152. The molecule has 0 aromatic heterocycles. The first-order valence-electron chi connectivity index (χ1n) is 7.70. The monoisotopic (exact) mass is 250 g/mol. The summed E-state index contributed by atoms with van der Waals surface area (Å²) in [5.74, 6) is 0. The minimum Gasteiger partial charge on any atom is -0.366 e. The summed E-state index contributed by atoms with van der Waals surface area (Å²) in [6.07, 6.45) is 8.76. The molecule has 2 aliphatic heterocycles. The van der Waals surface area contributed by atoms with Crippen molar-refractivity contribution in [3.8, 4) is 0 Å². The maximum Gasteiger partial charge on any atom is 0.0930 e. The van der Waals surface area contributed by atoms with E-state index in [9.17, 15) is 0 Å². The van der Waals surface area contributed by atoms with Crippen LogP contribution in [0.3, 0.4) is 0 Å². The van der Waals surface area contributed by atoms with E-state index in [1.54, 1.807) is 0 Å². The fraction of sp³-hybridized carbons (Fsp3) is 1.00. The quantitative estimate of drug-likeness (QED) is 0.663. The van der Waals surface area contributed by atoms with Gasteiger partial charge in [0.1, 0.15) is 0 Å². The third-order valence-corrected chi connectivity index (χ3v) is 6.97. The van der Waals surface area contributed by atoms with Gasteiger partial charge in [-0.25, -0.2) is 0 Å². The Hall–Kier alpha value is -0.0800. The van der Waals surface area contributed by atoms with Crippen LogP contribution in [0.1, 0.15) is 66.2 Å². The first-order chi connectivity index (χ1) is 8.34. The van der Waals surface area contributed by atoms with Crippen molar-refractivity contribution in [2.45, 2.75) is 89.6 Å². The highest BCUT2D eigenvalue weighted by atomic mass is 16.6. The molecule has 4 aliphatic rings. The van der Waals surface area contributed by atoms with Crippen molar-refractivity contribution < 1.29 is 9.47 Å². The van der Waals surface area contributed by atoms with Crippen molar-refractivity contribution in [3.63, 3.8) is 0 Å². The Morgan fingerprint density at radius 1 is 0.667 bits per heavy atom. The number of hydrogen-bond acceptors (Lipinski definition) is 2. The molecule has 2 heteroatoms.